The predicted octanol–water partition coefficient (Wildman–Crippen LogP) is 4.33. The number of hydrogen-bond donors (Lipinski definition) is 1. The maximum absolute atomic E-state index is 13.6. The minimum atomic E-state index is -1.13. The van der Waals surface area contributed by atoms with Crippen LogP contribution in [0.2, 0.25) is 10.0 Å². The number of halogens is 3. The molecule has 0 fully saturated rings. The van der Waals surface area contributed by atoms with Crippen molar-refractivity contribution in [3.63, 3.8) is 0 Å². The van der Waals surface area contributed by atoms with Gasteiger partial charge in [0.2, 0.25) is 0 Å². The first kappa shape index (κ1) is 19.0. The fourth-order valence-corrected chi connectivity index (χ4v) is 2.24. The van der Waals surface area contributed by atoms with Gasteiger partial charge in [-0.2, -0.15) is 0 Å². The van der Waals surface area contributed by atoms with Crippen LogP contribution >= 0.6 is 23.2 Å². The molecule has 0 aromatic heterocycles. The lowest BCUT2D eigenvalue weighted by molar-refractivity contribution is -0.123. The molecule has 0 bridgehead atoms. The topological polar surface area (TPSA) is 64.6 Å². The zero-order valence-electron chi connectivity index (χ0n) is 13.3. The standard InChI is InChI=1S/C17H14Cl2FNO4/c1-9(16(22)21-14-8-11(18)4-5-12(14)19)25-17(23)10-3-6-15(24-2)13(20)7-10/h3-9H,1-2H3,(H,21,22)/t9-/m1/s1. The summed E-state index contributed by atoms with van der Waals surface area (Å²) in [5.74, 6) is -2.16. The van der Waals surface area contributed by atoms with E-state index in [0.717, 1.165) is 6.07 Å². The Morgan fingerprint density at radius 3 is 2.52 bits per heavy atom. The molecule has 1 N–H and O–H groups in total. The Morgan fingerprint density at radius 2 is 1.88 bits per heavy atom. The van der Waals surface area contributed by atoms with Crippen LogP contribution in [0.1, 0.15) is 17.3 Å². The number of hydrogen-bond acceptors (Lipinski definition) is 4. The van der Waals surface area contributed by atoms with Gasteiger partial charge in [-0.3, -0.25) is 4.79 Å². The average Bonchev–Trinajstić information content (AvgIpc) is 2.57. The lowest BCUT2D eigenvalue weighted by Crippen LogP contribution is -2.30. The number of benzene rings is 2. The molecule has 0 heterocycles. The van der Waals surface area contributed by atoms with Gasteiger partial charge in [-0.1, -0.05) is 23.2 Å². The normalized spacial score (nSPS) is 11.6. The summed E-state index contributed by atoms with van der Waals surface area (Å²) in [5, 5.41) is 3.18. The van der Waals surface area contributed by atoms with E-state index in [1.807, 2.05) is 0 Å². The summed E-state index contributed by atoms with van der Waals surface area (Å²) in [5.41, 5.74) is 0.247. The number of carbonyl (C=O) groups excluding carboxylic acids is 2. The zero-order valence-corrected chi connectivity index (χ0v) is 14.8. The third-order valence-electron chi connectivity index (χ3n) is 3.23. The molecule has 2 aromatic carbocycles. The third-order valence-corrected chi connectivity index (χ3v) is 3.79. The van der Waals surface area contributed by atoms with Crippen LogP contribution in [0.25, 0.3) is 0 Å². The number of methoxy groups -OCH3 is 1. The van der Waals surface area contributed by atoms with Crippen molar-refractivity contribution in [2.75, 3.05) is 12.4 Å². The molecule has 1 amide bonds. The van der Waals surface area contributed by atoms with Crippen LogP contribution in [0.5, 0.6) is 5.75 Å². The molecule has 2 rings (SSSR count). The molecule has 1 atom stereocenters. The monoisotopic (exact) mass is 385 g/mol. The molecule has 132 valence electrons. The number of anilines is 1. The van der Waals surface area contributed by atoms with Gasteiger partial charge in [0, 0.05) is 5.02 Å². The first-order valence-corrected chi connectivity index (χ1v) is 7.88. The lowest BCUT2D eigenvalue weighted by Gasteiger charge is -2.14. The molecule has 0 radical (unpaired) electrons. The van der Waals surface area contributed by atoms with E-state index >= 15 is 0 Å². The van der Waals surface area contributed by atoms with Crippen molar-refractivity contribution < 1.29 is 23.5 Å². The van der Waals surface area contributed by atoms with E-state index in [9.17, 15) is 14.0 Å². The Labute approximate surface area is 153 Å². The molecule has 0 aliphatic heterocycles. The highest BCUT2D eigenvalue weighted by Gasteiger charge is 2.21. The van der Waals surface area contributed by atoms with E-state index in [4.69, 9.17) is 32.7 Å². The van der Waals surface area contributed by atoms with Crippen LogP contribution in [0.15, 0.2) is 36.4 Å². The van der Waals surface area contributed by atoms with Crippen molar-refractivity contribution in [2.45, 2.75) is 13.0 Å². The minimum Gasteiger partial charge on any atom is -0.494 e. The fourth-order valence-electron chi connectivity index (χ4n) is 1.90. The van der Waals surface area contributed by atoms with Crippen molar-refractivity contribution >= 4 is 40.8 Å². The number of esters is 1. The van der Waals surface area contributed by atoms with Gasteiger partial charge in [0.25, 0.3) is 5.91 Å². The first-order valence-electron chi connectivity index (χ1n) is 7.12. The van der Waals surface area contributed by atoms with Gasteiger partial charge in [-0.15, -0.1) is 0 Å². The number of nitrogens with one attached hydrogen (secondary N) is 1. The van der Waals surface area contributed by atoms with Gasteiger partial charge in [0.1, 0.15) is 0 Å². The van der Waals surface area contributed by atoms with Gasteiger partial charge in [0.05, 0.1) is 23.4 Å². The molecule has 8 heteroatoms. The van der Waals surface area contributed by atoms with E-state index in [-0.39, 0.29) is 22.0 Å². The minimum absolute atomic E-state index is 0.00191. The first-order chi connectivity index (χ1) is 11.8. The van der Waals surface area contributed by atoms with Gasteiger partial charge >= 0.3 is 5.97 Å². The quantitative estimate of drug-likeness (QED) is 0.778. The zero-order chi connectivity index (χ0) is 18.6. The van der Waals surface area contributed by atoms with E-state index in [2.05, 4.69) is 5.32 Å². The highest BCUT2D eigenvalue weighted by Crippen LogP contribution is 2.25. The van der Waals surface area contributed by atoms with Crippen LogP contribution in [0.3, 0.4) is 0 Å². The third kappa shape index (κ3) is 4.84. The van der Waals surface area contributed by atoms with Crippen molar-refractivity contribution in [2.24, 2.45) is 0 Å². The second-order valence-electron chi connectivity index (χ2n) is 5.01. The van der Waals surface area contributed by atoms with Gasteiger partial charge in [-0.25, -0.2) is 9.18 Å². The van der Waals surface area contributed by atoms with E-state index in [1.165, 1.54) is 38.3 Å². The van der Waals surface area contributed by atoms with Gasteiger partial charge < -0.3 is 14.8 Å². The van der Waals surface area contributed by atoms with E-state index in [0.29, 0.717) is 5.02 Å². The fraction of sp³-hybridized carbons (Fsp3) is 0.176. The van der Waals surface area contributed by atoms with Crippen LogP contribution in [0.4, 0.5) is 10.1 Å². The Balaban J connectivity index is 2.04. The Bertz CT molecular complexity index is 813. The molecule has 0 unspecified atom stereocenters. The summed E-state index contributed by atoms with van der Waals surface area (Å²) in [6.45, 7) is 1.38. The molecule has 5 nitrogen and oxygen atoms in total. The second-order valence-corrected chi connectivity index (χ2v) is 5.85. The highest BCUT2D eigenvalue weighted by atomic mass is 35.5. The summed E-state index contributed by atoms with van der Waals surface area (Å²) in [7, 11) is 1.31. The van der Waals surface area contributed by atoms with E-state index < -0.39 is 23.8 Å². The highest BCUT2D eigenvalue weighted by molar-refractivity contribution is 6.35. The Kier molecular flexibility index (Phi) is 6.22. The Morgan fingerprint density at radius 1 is 1.16 bits per heavy atom. The van der Waals surface area contributed by atoms with Crippen molar-refractivity contribution in [1.29, 1.82) is 0 Å². The maximum atomic E-state index is 13.6. The number of amides is 1. The summed E-state index contributed by atoms with van der Waals surface area (Å²) in [6.07, 6.45) is -1.13. The number of carbonyl (C=O) groups is 2. The number of rotatable bonds is 5. The van der Waals surface area contributed by atoms with Crippen LogP contribution in [-0.2, 0) is 9.53 Å². The molecule has 0 saturated carbocycles. The van der Waals surface area contributed by atoms with Crippen molar-refractivity contribution in [3.8, 4) is 5.75 Å². The second kappa shape index (κ2) is 8.18. The van der Waals surface area contributed by atoms with E-state index in [1.54, 1.807) is 6.07 Å². The Hall–Kier alpha value is -2.31. The summed E-state index contributed by atoms with van der Waals surface area (Å²) >= 11 is 11.8. The molecule has 2 aromatic rings. The molecule has 25 heavy (non-hydrogen) atoms. The van der Waals surface area contributed by atoms with Crippen LogP contribution in [-0.4, -0.2) is 25.1 Å². The number of ether oxygens (including phenoxy) is 2. The van der Waals surface area contributed by atoms with Crippen molar-refractivity contribution in [1.82, 2.24) is 0 Å². The average molecular weight is 386 g/mol. The van der Waals surface area contributed by atoms with Crippen molar-refractivity contribution in [3.05, 3.63) is 57.8 Å². The van der Waals surface area contributed by atoms with Crippen LogP contribution < -0.4 is 10.1 Å². The van der Waals surface area contributed by atoms with Gasteiger partial charge in [0.15, 0.2) is 17.7 Å². The smallest absolute Gasteiger partial charge is 0.339 e. The molecule has 0 saturated heterocycles. The largest absolute Gasteiger partial charge is 0.494 e. The molecular formula is C17H14Cl2FNO4. The summed E-state index contributed by atoms with van der Waals surface area (Å²) in [4.78, 5) is 24.2. The lowest BCUT2D eigenvalue weighted by atomic mass is 10.2. The SMILES string of the molecule is COc1ccc(C(=O)O[C@H](C)C(=O)Nc2cc(Cl)ccc2Cl)cc1F. The summed E-state index contributed by atoms with van der Waals surface area (Å²) in [6, 6.07) is 8.16. The molecule has 0 spiro atoms. The van der Waals surface area contributed by atoms with Crippen LogP contribution in [0, 0.1) is 5.82 Å². The molecular weight excluding hydrogens is 372 g/mol. The molecule has 0 aliphatic carbocycles. The van der Waals surface area contributed by atoms with Gasteiger partial charge in [-0.05, 0) is 43.3 Å². The predicted molar refractivity (Wildman–Crippen MR) is 92.9 cm³/mol. The summed E-state index contributed by atoms with van der Waals surface area (Å²) < 4.78 is 23.4. The maximum Gasteiger partial charge on any atom is 0.339 e. The molecule has 0 aliphatic rings.